The third-order valence-electron chi connectivity index (χ3n) is 6.21. The summed E-state index contributed by atoms with van der Waals surface area (Å²) in [5.74, 6) is 0.671. The van der Waals surface area contributed by atoms with E-state index in [1.165, 1.54) is 61.8 Å². The fourth-order valence-corrected chi connectivity index (χ4v) is 5.63. The highest BCUT2D eigenvalue weighted by Crippen LogP contribution is 2.52. The minimum atomic E-state index is 0.528. The van der Waals surface area contributed by atoms with Gasteiger partial charge in [-0.25, -0.2) is 0 Å². The van der Waals surface area contributed by atoms with Crippen LogP contribution in [0.5, 0.6) is 0 Å². The number of nitrogens with one attached hydrogen (secondary N) is 1. The summed E-state index contributed by atoms with van der Waals surface area (Å²) in [7, 11) is 0. The predicted molar refractivity (Wildman–Crippen MR) is 90.6 cm³/mol. The number of benzene rings is 1. The van der Waals surface area contributed by atoms with Crippen LogP contribution in [-0.4, -0.2) is 37.1 Å². The molecule has 3 aliphatic heterocycles. The van der Waals surface area contributed by atoms with E-state index in [9.17, 15) is 0 Å². The molecule has 21 heavy (non-hydrogen) atoms. The van der Waals surface area contributed by atoms with Crippen LogP contribution in [0.2, 0.25) is 0 Å². The Bertz CT molecular complexity index is 518. The molecule has 3 saturated heterocycles. The van der Waals surface area contributed by atoms with Gasteiger partial charge >= 0.3 is 0 Å². The van der Waals surface area contributed by atoms with E-state index in [0.717, 1.165) is 12.6 Å². The number of halogens is 1. The van der Waals surface area contributed by atoms with E-state index in [1.807, 2.05) is 0 Å². The number of nitrogens with zero attached hydrogens (tertiary/aromatic N) is 1. The summed E-state index contributed by atoms with van der Waals surface area (Å²) in [4.78, 5) is 2.75. The number of piperidine rings is 2. The first-order valence-electron chi connectivity index (χ1n) is 8.48. The third-order valence-corrected chi connectivity index (χ3v) is 6.93. The maximum Gasteiger partial charge on any atom is 0.0210 e. The van der Waals surface area contributed by atoms with Crippen LogP contribution >= 0.6 is 15.9 Å². The van der Waals surface area contributed by atoms with Gasteiger partial charge in [0.1, 0.15) is 0 Å². The van der Waals surface area contributed by atoms with Gasteiger partial charge < -0.3 is 10.2 Å². The Morgan fingerprint density at radius 1 is 1.19 bits per heavy atom. The van der Waals surface area contributed by atoms with Crippen LogP contribution in [0, 0.1) is 5.41 Å². The highest BCUT2D eigenvalue weighted by atomic mass is 79.9. The zero-order valence-corrected chi connectivity index (χ0v) is 14.2. The summed E-state index contributed by atoms with van der Waals surface area (Å²) in [5.41, 5.74) is 2.05. The fourth-order valence-electron chi connectivity index (χ4n) is 5.07. The summed E-state index contributed by atoms with van der Waals surface area (Å²) >= 11 is 3.80. The highest BCUT2D eigenvalue weighted by molar-refractivity contribution is 9.10. The molecule has 3 atom stereocenters. The molecule has 3 unspecified atom stereocenters. The molecule has 4 rings (SSSR count). The minimum Gasteiger partial charge on any atom is -0.316 e. The maximum absolute atomic E-state index is 3.80. The van der Waals surface area contributed by atoms with Crippen LogP contribution in [0.1, 0.15) is 43.6 Å². The standard InChI is InChI=1S/C18H25BrN2/c19-17-6-2-1-5-15(17)16-13-20-9-7-18(16)8-11-21-10-3-4-14(21)12-18/h1-2,5-6,14,16,20H,3-4,7-13H2. The maximum atomic E-state index is 3.80. The predicted octanol–water partition coefficient (Wildman–Crippen LogP) is 3.77. The largest absolute Gasteiger partial charge is 0.316 e. The van der Waals surface area contributed by atoms with Crippen molar-refractivity contribution in [1.29, 1.82) is 0 Å². The number of hydrogen-bond donors (Lipinski definition) is 1. The molecule has 0 radical (unpaired) electrons. The molecule has 3 heteroatoms. The van der Waals surface area contributed by atoms with E-state index in [0.29, 0.717) is 11.3 Å². The van der Waals surface area contributed by atoms with Crippen molar-refractivity contribution in [3.8, 4) is 0 Å². The van der Waals surface area contributed by atoms with Gasteiger partial charge in [-0.1, -0.05) is 34.1 Å². The lowest BCUT2D eigenvalue weighted by molar-refractivity contribution is 0.0317. The van der Waals surface area contributed by atoms with E-state index in [2.05, 4.69) is 50.4 Å². The molecule has 0 bridgehead atoms. The molecule has 3 heterocycles. The van der Waals surface area contributed by atoms with Crippen molar-refractivity contribution < 1.29 is 0 Å². The van der Waals surface area contributed by atoms with Crippen molar-refractivity contribution in [1.82, 2.24) is 10.2 Å². The molecule has 0 amide bonds. The van der Waals surface area contributed by atoms with Gasteiger partial charge in [-0.15, -0.1) is 0 Å². The molecule has 1 N–H and O–H groups in total. The summed E-state index contributed by atoms with van der Waals surface area (Å²) in [6.45, 7) is 5.02. The summed E-state index contributed by atoms with van der Waals surface area (Å²) < 4.78 is 1.30. The number of fused-ring (bicyclic) bond motifs is 1. The molecule has 0 saturated carbocycles. The van der Waals surface area contributed by atoms with Crippen molar-refractivity contribution in [2.75, 3.05) is 26.2 Å². The number of rotatable bonds is 1. The molecule has 3 aliphatic rings. The SMILES string of the molecule is Brc1ccccc1C1CNCCC12CCN1CCCC1C2. The van der Waals surface area contributed by atoms with Gasteiger partial charge in [-0.2, -0.15) is 0 Å². The Balaban J connectivity index is 1.66. The smallest absolute Gasteiger partial charge is 0.0210 e. The average Bonchev–Trinajstić information content (AvgIpc) is 2.96. The lowest BCUT2D eigenvalue weighted by Crippen LogP contribution is -2.52. The molecule has 114 valence electrons. The van der Waals surface area contributed by atoms with Crippen LogP contribution in [-0.2, 0) is 0 Å². The molecule has 2 nitrogen and oxygen atoms in total. The van der Waals surface area contributed by atoms with E-state index >= 15 is 0 Å². The van der Waals surface area contributed by atoms with Gasteiger partial charge in [0.15, 0.2) is 0 Å². The Morgan fingerprint density at radius 2 is 2.10 bits per heavy atom. The first kappa shape index (κ1) is 14.2. The molecule has 3 fully saturated rings. The van der Waals surface area contributed by atoms with Crippen molar-refractivity contribution in [2.45, 2.75) is 44.1 Å². The lowest BCUT2D eigenvalue weighted by atomic mass is 9.61. The van der Waals surface area contributed by atoms with E-state index in [-0.39, 0.29) is 0 Å². The molecular weight excluding hydrogens is 324 g/mol. The van der Waals surface area contributed by atoms with Gasteiger partial charge in [0, 0.05) is 23.0 Å². The first-order chi connectivity index (χ1) is 10.3. The monoisotopic (exact) mass is 348 g/mol. The zero-order valence-electron chi connectivity index (χ0n) is 12.7. The van der Waals surface area contributed by atoms with Crippen LogP contribution < -0.4 is 5.32 Å². The Hall–Kier alpha value is -0.380. The van der Waals surface area contributed by atoms with E-state index in [1.54, 1.807) is 0 Å². The van der Waals surface area contributed by atoms with Crippen LogP contribution in [0.4, 0.5) is 0 Å². The Labute approximate surface area is 136 Å². The zero-order chi connectivity index (χ0) is 14.3. The van der Waals surface area contributed by atoms with E-state index in [4.69, 9.17) is 0 Å². The van der Waals surface area contributed by atoms with Crippen molar-refractivity contribution in [3.63, 3.8) is 0 Å². The lowest BCUT2D eigenvalue weighted by Gasteiger charge is -2.51. The Morgan fingerprint density at radius 3 is 3.00 bits per heavy atom. The average molecular weight is 349 g/mol. The summed E-state index contributed by atoms with van der Waals surface area (Å²) in [6, 6.07) is 9.75. The van der Waals surface area contributed by atoms with Gasteiger partial charge in [0.05, 0.1) is 0 Å². The second-order valence-electron chi connectivity index (χ2n) is 7.18. The quantitative estimate of drug-likeness (QED) is 0.830. The normalized spacial score (nSPS) is 36.8. The van der Waals surface area contributed by atoms with Gasteiger partial charge in [0.25, 0.3) is 0 Å². The molecule has 0 aromatic heterocycles. The Kier molecular flexibility index (Phi) is 3.85. The molecule has 1 aromatic rings. The van der Waals surface area contributed by atoms with E-state index < -0.39 is 0 Å². The van der Waals surface area contributed by atoms with Crippen LogP contribution in [0.25, 0.3) is 0 Å². The molecule has 0 aliphatic carbocycles. The third kappa shape index (κ3) is 2.47. The topological polar surface area (TPSA) is 15.3 Å². The minimum absolute atomic E-state index is 0.528. The molecule has 1 aromatic carbocycles. The van der Waals surface area contributed by atoms with Gasteiger partial charge in [-0.3, -0.25) is 0 Å². The van der Waals surface area contributed by atoms with Gasteiger partial charge in [-0.05, 0) is 68.8 Å². The molecule has 1 spiro atoms. The second kappa shape index (κ2) is 5.68. The van der Waals surface area contributed by atoms with Gasteiger partial charge in [0.2, 0.25) is 0 Å². The van der Waals surface area contributed by atoms with Crippen LogP contribution in [0.15, 0.2) is 28.7 Å². The van der Waals surface area contributed by atoms with Crippen LogP contribution in [0.3, 0.4) is 0 Å². The highest BCUT2D eigenvalue weighted by Gasteiger charge is 2.47. The number of hydrogen-bond acceptors (Lipinski definition) is 2. The first-order valence-corrected chi connectivity index (χ1v) is 9.27. The summed E-state index contributed by atoms with van der Waals surface area (Å²) in [5, 5.41) is 3.66. The van der Waals surface area contributed by atoms with Crippen molar-refractivity contribution >= 4 is 15.9 Å². The van der Waals surface area contributed by atoms with Crippen molar-refractivity contribution in [3.05, 3.63) is 34.3 Å². The van der Waals surface area contributed by atoms with Crippen molar-refractivity contribution in [2.24, 2.45) is 5.41 Å². The fraction of sp³-hybridized carbons (Fsp3) is 0.667. The second-order valence-corrected chi connectivity index (χ2v) is 8.03. The molecular formula is C18H25BrN2. The summed E-state index contributed by atoms with van der Waals surface area (Å²) in [6.07, 6.45) is 7.00.